The Morgan fingerprint density at radius 3 is 2.19 bits per heavy atom. The van der Waals surface area contributed by atoms with Crippen LogP contribution in [0.3, 0.4) is 0 Å². The van der Waals surface area contributed by atoms with Crippen LogP contribution in [0.15, 0.2) is 0 Å². The van der Waals surface area contributed by atoms with Gasteiger partial charge >= 0.3 is 0 Å². The largest absolute Gasteiger partial charge is 0.342 e. The molecule has 1 aliphatic carbocycles. The van der Waals surface area contributed by atoms with E-state index in [9.17, 15) is 9.59 Å². The van der Waals surface area contributed by atoms with Gasteiger partial charge in [-0.3, -0.25) is 9.59 Å². The molecule has 0 aromatic heterocycles. The summed E-state index contributed by atoms with van der Waals surface area (Å²) in [7, 11) is 0. The van der Waals surface area contributed by atoms with Gasteiger partial charge in [-0.1, -0.05) is 34.1 Å². The van der Waals surface area contributed by atoms with E-state index in [2.05, 4.69) is 26.1 Å². The summed E-state index contributed by atoms with van der Waals surface area (Å²) in [5.41, 5.74) is 0. The average molecular weight is 294 g/mol. The molecule has 0 aromatic carbocycles. The number of nitrogens with one attached hydrogen (secondary N) is 1. The molecule has 1 N–H and O–H groups in total. The normalized spacial score (nSPS) is 28.8. The summed E-state index contributed by atoms with van der Waals surface area (Å²) in [6, 6.07) is -0.467. The van der Waals surface area contributed by atoms with E-state index in [-0.39, 0.29) is 35.9 Å². The Labute approximate surface area is 128 Å². The second kappa shape index (κ2) is 6.37. The van der Waals surface area contributed by atoms with Crippen LogP contribution in [0.25, 0.3) is 0 Å². The molecule has 3 atom stereocenters. The van der Waals surface area contributed by atoms with Gasteiger partial charge in [-0.15, -0.1) is 0 Å². The first-order chi connectivity index (χ1) is 9.82. The highest BCUT2D eigenvalue weighted by molar-refractivity contribution is 5.97. The Balaban J connectivity index is 2.23. The highest BCUT2D eigenvalue weighted by Crippen LogP contribution is 2.35. The molecule has 120 valence electrons. The van der Waals surface area contributed by atoms with Crippen molar-refractivity contribution in [3.63, 3.8) is 0 Å². The second-order valence-corrected chi connectivity index (χ2v) is 7.56. The van der Waals surface area contributed by atoms with Crippen LogP contribution >= 0.6 is 0 Å². The van der Waals surface area contributed by atoms with Crippen LogP contribution in [0.2, 0.25) is 0 Å². The number of hydrogen-bond donors (Lipinski definition) is 1. The zero-order valence-electron chi connectivity index (χ0n) is 14.1. The fraction of sp³-hybridized carbons (Fsp3) is 0.882. The minimum atomic E-state index is -0.338. The van der Waals surface area contributed by atoms with Crippen LogP contribution in [-0.4, -0.2) is 34.8 Å². The van der Waals surface area contributed by atoms with Crippen LogP contribution in [0, 0.1) is 17.8 Å². The Bertz CT molecular complexity index is 402. The quantitative estimate of drug-likeness (QED) is 0.847. The third-order valence-electron chi connectivity index (χ3n) is 5.05. The SMILES string of the molecule is CC(C)CC1NC(=O)C(C(C)C)N(C(C)C2CCC2)C1=O. The molecule has 1 saturated carbocycles. The van der Waals surface area contributed by atoms with Crippen molar-refractivity contribution in [2.45, 2.75) is 78.4 Å². The molecule has 2 rings (SSSR count). The van der Waals surface area contributed by atoms with Crippen molar-refractivity contribution in [2.75, 3.05) is 0 Å². The predicted molar refractivity (Wildman–Crippen MR) is 83.7 cm³/mol. The lowest BCUT2D eigenvalue weighted by atomic mass is 9.78. The fourth-order valence-electron chi connectivity index (χ4n) is 3.62. The van der Waals surface area contributed by atoms with Crippen molar-refractivity contribution in [3.8, 4) is 0 Å². The topological polar surface area (TPSA) is 49.4 Å². The van der Waals surface area contributed by atoms with Crippen LogP contribution in [0.1, 0.15) is 60.3 Å². The van der Waals surface area contributed by atoms with Gasteiger partial charge in [0.05, 0.1) is 0 Å². The summed E-state index contributed by atoms with van der Waals surface area (Å²) < 4.78 is 0. The third kappa shape index (κ3) is 3.24. The molecule has 1 saturated heterocycles. The molecule has 2 aliphatic rings. The number of piperazine rings is 1. The van der Waals surface area contributed by atoms with Gasteiger partial charge in [0.1, 0.15) is 12.1 Å². The Kier molecular flexibility index (Phi) is 4.95. The molecule has 1 heterocycles. The van der Waals surface area contributed by atoms with Gasteiger partial charge in [0.2, 0.25) is 11.8 Å². The van der Waals surface area contributed by atoms with Crippen molar-refractivity contribution in [1.82, 2.24) is 10.2 Å². The first-order valence-electron chi connectivity index (χ1n) is 8.45. The second-order valence-electron chi connectivity index (χ2n) is 7.56. The number of hydrogen-bond acceptors (Lipinski definition) is 2. The standard InChI is InChI=1S/C17H30N2O2/c1-10(2)9-14-17(21)19(12(5)13-7-6-8-13)15(11(3)4)16(20)18-14/h10-15H,6-9H2,1-5H3,(H,18,20). The van der Waals surface area contributed by atoms with Gasteiger partial charge in [0.25, 0.3) is 0 Å². The van der Waals surface area contributed by atoms with Gasteiger partial charge in [-0.25, -0.2) is 0 Å². The third-order valence-corrected chi connectivity index (χ3v) is 5.05. The smallest absolute Gasteiger partial charge is 0.246 e. The van der Waals surface area contributed by atoms with E-state index < -0.39 is 0 Å². The van der Waals surface area contributed by atoms with Gasteiger partial charge in [-0.05, 0) is 43.9 Å². The van der Waals surface area contributed by atoms with Crippen LogP contribution < -0.4 is 5.32 Å². The van der Waals surface area contributed by atoms with Gasteiger partial charge in [0.15, 0.2) is 0 Å². The molecule has 1 aliphatic heterocycles. The Morgan fingerprint density at radius 2 is 1.76 bits per heavy atom. The van der Waals surface area contributed by atoms with Crippen LogP contribution in [0.4, 0.5) is 0 Å². The van der Waals surface area contributed by atoms with E-state index in [1.165, 1.54) is 19.3 Å². The molecular weight excluding hydrogens is 264 g/mol. The minimum absolute atomic E-state index is 0.0291. The predicted octanol–water partition coefficient (Wildman–Crippen LogP) is 2.57. The van der Waals surface area contributed by atoms with Crippen molar-refractivity contribution in [3.05, 3.63) is 0 Å². The molecule has 2 fully saturated rings. The molecule has 4 nitrogen and oxygen atoms in total. The molecule has 0 radical (unpaired) electrons. The molecule has 2 amide bonds. The van der Waals surface area contributed by atoms with Crippen LogP contribution in [-0.2, 0) is 9.59 Å². The van der Waals surface area contributed by atoms with Crippen molar-refractivity contribution in [1.29, 1.82) is 0 Å². The molecule has 0 bridgehead atoms. The highest BCUT2D eigenvalue weighted by Gasteiger charge is 2.46. The van der Waals surface area contributed by atoms with Crippen LogP contribution in [0.5, 0.6) is 0 Å². The maximum Gasteiger partial charge on any atom is 0.246 e. The van der Waals surface area contributed by atoms with E-state index in [0.29, 0.717) is 11.8 Å². The van der Waals surface area contributed by atoms with E-state index >= 15 is 0 Å². The van der Waals surface area contributed by atoms with E-state index in [4.69, 9.17) is 0 Å². The number of carbonyl (C=O) groups excluding carboxylic acids is 2. The monoisotopic (exact) mass is 294 g/mol. The lowest BCUT2D eigenvalue weighted by Crippen LogP contribution is -2.68. The molecular formula is C17H30N2O2. The van der Waals surface area contributed by atoms with Crippen molar-refractivity contribution in [2.24, 2.45) is 17.8 Å². The molecule has 0 aromatic rings. The first-order valence-corrected chi connectivity index (χ1v) is 8.45. The molecule has 21 heavy (non-hydrogen) atoms. The van der Waals surface area contributed by atoms with Gasteiger partial charge in [0, 0.05) is 6.04 Å². The fourth-order valence-corrected chi connectivity index (χ4v) is 3.62. The summed E-state index contributed by atoms with van der Waals surface area (Å²) in [4.78, 5) is 27.3. The highest BCUT2D eigenvalue weighted by atomic mass is 16.2. The zero-order valence-corrected chi connectivity index (χ0v) is 14.1. The number of rotatable bonds is 5. The summed E-state index contributed by atoms with van der Waals surface area (Å²) >= 11 is 0. The summed E-state index contributed by atoms with van der Waals surface area (Å²) in [5.74, 6) is 1.27. The Hall–Kier alpha value is -1.06. The van der Waals surface area contributed by atoms with E-state index in [1.807, 2.05) is 18.7 Å². The van der Waals surface area contributed by atoms with Gasteiger partial charge < -0.3 is 10.2 Å². The maximum atomic E-state index is 12.9. The number of amides is 2. The van der Waals surface area contributed by atoms with Crippen molar-refractivity contribution < 1.29 is 9.59 Å². The van der Waals surface area contributed by atoms with E-state index in [1.54, 1.807) is 0 Å². The first kappa shape index (κ1) is 16.3. The zero-order chi connectivity index (χ0) is 15.7. The summed E-state index contributed by atoms with van der Waals surface area (Å²) in [5, 5.41) is 2.96. The minimum Gasteiger partial charge on any atom is -0.342 e. The van der Waals surface area contributed by atoms with Crippen molar-refractivity contribution >= 4 is 11.8 Å². The number of carbonyl (C=O) groups is 2. The molecule has 0 spiro atoms. The summed E-state index contributed by atoms with van der Waals surface area (Å²) in [6.45, 7) is 10.4. The Morgan fingerprint density at radius 1 is 1.14 bits per heavy atom. The lowest BCUT2D eigenvalue weighted by Gasteiger charge is -2.48. The average Bonchev–Trinajstić information content (AvgIpc) is 2.29. The van der Waals surface area contributed by atoms with E-state index in [0.717, 1.165) is 6.42 Å². The number of nitrogens with zero attached hydrogens (tertiary/aromatic N) is 1. The summed E-state index contributed by atoms with van der Waals surface area (Å²) in [6.07, 6.45) is 4.35. The molecule has 3 unspecified atom stereocenters. The maximum absolute atomic E-state index is 12.9. The van der Waals surface area contributed by atoms with Gasteiger partial charge in [-0.2, -0.15) is 0 Å². The lowest BCUT2D eigenvalue weighted by molar-refractivity contribution is -0.156. The molecule has 4 heteroatoms.